The molecule has 0 spiro atoms. The Bertz CT molecular complexity index is 299. The molecule has 2 unspecified atom stereocenters. The van der Waals surface area contributed by atoms with Crippen molar-refractivity contribution in [3.8, 4) is 0 Å². The Hall–Kier alpha value is -1.14. The maximum absolute atomic E-state index is 11.8. The fraction of sp³-hybridized carbons (Fsp3) is 0.833. The van der Waals surface area contributed by atoms with Gasteiger partial charge < -0.3 is 20.3 Å². The Kier molecular flexibility index (Phi) is 4.54. The summed E-state index contributed by atoms with van der Waals surface area (Å²) >= 11 is 0. The molecule has 0 aliphatic carbocycles. The van der Waals surface area contributed by atoms with Gasteiger partial charge in [-0.15, -0.1) is 0 Å². The largest absolute Gasteiger partial charge is 0.365 e. The monoisotopic (exact) mass is 255 g/mol. The minimum Gasteiger partial charge on any atom is -0.365 e. The zero-order valence-electron chi connectivity index (χ0n) is 10.8. The number of ether oxygens (including phenoxy) is 1. The molecule has 2 fully saturated rings. The highest BCUT2D eigenvalue weighted by molar-refractivity contribution is 5.87. The zero-order valence-corrected chi connectivity index (χ0v) is 10.8. The molecular formula is C12H21N3O3. The van der Waals surface area contributed by atoms with E-state index in [0.717, 1.165) is 25.9 Å². The fourth-order valence-corrected chi connectivity index (χ4v) is 2.30. The molecule has 18 heavy (non-hydrogen) atoms. The van der Waals surface area contributed by atoms with Gasteiger partial charge in [0.2, 0.25) is 11.8 Å². The van der Waals surface area contributed by atoms with E-state index in [1.807, 2.05) is 6.92 Å². The summed E-state index contributed by atoms with van der Waals surface area (Å²) in [7, 11) is 0. The van der Waals surface area contributed by atoms with Gasteiger partial charge in [0.15, 0.2) is 0 Å². The number of hydrogen-bond donors (Lipinski definition) is 2. The molecule has 0 aromatic rings. The minimum atomic E-state index is -0.379. The van der Waals surface area contributed by atoms with Crippen LogP contribution in [0.2, 0.25) is 0 Å². The van der Waals surface area contributed by atoms with Crippen molar-refractivity contribution < 1.29 is 14.3 Å². The van der Waals surface area contributed by atoms with E-state index in [1.165, 1.54) is 0 Å². The first-order chi connectivity index (χ1) is 8.66. The van der Waals surface area contributed by atoms with E-state index in [2.05, 4.69) is 10.6 Å². The number of rotatable bonds is 3. The van der Waals surface area contributed by atoms with Crippen LogP contribution in [-0.4, -0.2) is 61.6 Å². The average molecular weight is 255 g/mol. The van der Waals surface area contributed by atoms with Crippen LogP contribution >= 0.6 is 0 Å². The Morgan fingerprint density at radius 3 is 2.67 bits per heavy atom. The number of hydrogen-bond acceptors (Lipinski definition) is 4. The first-order valence-electron chi connectivity index (χ1n) is 6.58. The predicted octanol–water partition coefficient (Wildman–Crippen LogP) is -0.898. The third-order valence-electron chi connectivity index (χ3n) is 3.41. The third kappa shape index (κ3) is 3.43. The molecule has 0 aromatic carbocycles. The van der Waals surface area contributed by atoms with E-state index in [1.54, 1.807) is 4.90 Å². The number of nitrogens with zero attached hydrogens (tertiary/aromatic N) is 1. The van der Waals surface area contributed by atoms with Gasteiger partial charge in [-0.05, 0) is 19.8 Å². The smallest absolute Gasteiger partial charge is 0.249 e. The molecule has 6 heteroatoms. The summed E-state index contributed by atoms with van der Waals surface area (Å²) in [6.45, 7) is 5.11. The standard InChI is InChI=1S/C12H21N3O3/c1-9-2-3-10(18-9)12(17)14-8-11(16)15-6-4-13-5-7-15/h9-10,13H,2-8H2,1H3,(H,14,17). The summed E-state index contributed by atoms with van der Waals surface area (Å²) < 4.78 is 5.45. The van der Waals surface area contributed by atoms with Gasteiger partial charge in [0, 0.05) is 26.2 Å². The van der Waals surface area contributed by atoms with Crippen LogP contribution in [0.5, 0.6) is 0 Å². The minimum absolute atomic E-state index is 0.0177. The van der Waals surface area contributed by atoms with Crippen LogP contribution in [0.3, 0.4) is 0 Å². The van der Waals surface area contributed by atoms with Crippen LogP contribution < -0.4 is 10.6 Å². The molecule has 2 N–H and O–H groups in total. The SMILES string of the molecule is CC1CCC(C(=O)NCC(=O)N2CCNCC2)O1. The Morgan fingerprint density at radius 1 is 1.33 bits per heavy atom. The Morgan fingerprint density at radius 2 is 2.06 bits per heavy atom. The van der Waals surface area contributed by atoms with Crippen LogP contribution in [0, 0.1) is 0 Å². The summed E-state index contributed by atoms with van der Waals surface area (Å²) in [5.41, 5.74) is 0. The van der Waals surface area contributed by atoms with Gasteiger partial charge in [0.1, 0.15) is 6.10 Å². The Labute approximate surface area is 107 Å². The van der Waals surface area contributed by atoms with Crippen molar-refractivity contribution in [2.45, 2.75) is 32.0 Å². The molecule has 0 radical (unpaired) electrons. The molecule has 0 saturated carbocycles. The van der Waals surface area contributed by atoms with Crippen LogP contribution in [0.1, 0.15) is 19.8 Å². The fourth-order valence-electron chi connectivity index (χ4n) is 2.30. The second-order valence-corrected chi connectivity index (χ2v) is 4.86. The van der Waals surface area contributed by atoms with Gasteiger partial charge in [-0.25, -0.2) is 0 Å². The number of amides is 2. The molecule has 0 bridgehead atoms. The highest BCUT2D eigenvalue weighted by Gasteiger charge is 2.28. The molecular weight excluding hydrogens is 234 g/mol. The quantitative estimate of drug-likeness (QED) is 0.686. The second-order valence-electron chi connectivity index (χ2n) is 4.86. The first kappa shape index (κ1) is 13.3. The summed E-state index contributed by atoms with van der Waals surface area (Å²) in [5.74, 6) is -0.182. The number of carbonyl (C=O) groups excluding carboxylic acids is 2. The highest BCUT2D eigenvalue weighted by atomic mass is 16.5. The van der Waals surface area contributed by atoms with Crippen molar-refractivity contribution in [3.05, 3.63) is 0 Å². The summed E-state index contributed by atoms with van der Waals surface area (Å²) in [4.78, 5) is 25.4. The van der Waals surface area contributed by atoms with Crippen LogP contribution in [-0.2, 0) is 14.3 Å². The first-order valence-corrected chi connectivity index (χ1v) is 6.58. The Balaban J connectivity index is 1.70. The van der Waals surface area contributed by atoms with Gasteiger partial charge >= 0.3 is 0 Å². The topological polar surface area (TPSA) is 70.7 Å². The lowest BCUT2D eigenvalue weighted by Crippen LogP contribution is -2.50. The van der Waals surface area contributed by atoms with Crippen LogP contribution in [0.4, 0.5) is 0 Å². The average Bonchev–Trinajstić information content (AvgIpc) is 2.83. The van der Waals surface area contributed by atoms with E-state index in [4.69, 9.17) is 4.74 Å². The van der Waals surface area contributed by atoms with Crippen LogP contribution in [0.15, 0.2) is 0 Å². The summed E-state index contributed by atoms with van der Waals surface area (Å²) in [5, 5.41) is 5.85. The van der Waals surface area contributed by atoms with Crippen molar-refractivity contribution in [3.63, 3.8) is 0 Å². The third-order valence-corrected chi connectivity index (χ3v) is 3.41. The number of nitrogens with one attached hydrogen (secondary N) is 2. The van der Waals surface area contributed by atoms with Gasteiger partial charge in [-0.3, -0.25) is 9.59 Å². The van der Waals surface area contributed by atoms with Crippen molar-refractivity contribution in [1.29, 1.82) is 0 Å². The second kappa shape index (κ2) is 6.15. The van der Waals surface area contributed by atoms with E-state index in [-0.39, 0.29) is 30.6 Å². The van der Waals surface area contributed by atoms with Crippen molar-refractivity contribution in [1.82, 2.24) is 15.5 Å². The van der Waals surface area contributed by atoms with Gasteiger partial charge in [-0.2, -0.15) is 0 Å². The van der Waals surface area contributed by atoms with E-state index < -0.39 is 0 Å². The number of piperazine rings is 1. The zero-order chi connectivity index (χ0) is 13.0. The maximum atomic E-state index is 11.8. The molecule has 2 amide bonds. The van der Waals surface area contributed by atoms with Gasteiger partial charge in [-0.1, -0.05) is 0 Å². The summed E-state index contributed by atoms with van der Waals surface area (Å²) in [6.07, 6.45) is 1.42. The highest BCUT2D eigenvalue weighted by Crippen LogP contribution is 2.18. The van der Waals surface area contributed by atoms with Gasteiger partial charge in [0.25, 0.3) is 0 Å². The lowest BCUT2D eigenvalue weighted by molar-refractivity contribution is -0.137. The van der Waals surface area contributed by atoms with Crippen molar-refractivity contribution in [2.24, 2.45) is 0 Å². The molecule has 102 valence electrons. The van der Waals surface area contributed by atoms with Crippen molar-refractivity contribution in [2.75, 3.05) is 32.7 Å². The van der Waals surface area contributed by atoms with E-state index >= 15 is 0 Å². The molecule has 2 aliphatic heterocycles. The molecule has 6 nitrogen and oxygen atoms in total. The number of carbonyl (C=O) groups is 2. The molecule has 2 heterocycles. The predicted molar refractivity (Wildman–Crippen MR) is 66.0 cm³/mol. The van der Waals surface area contributed by atoms with E-state index in [9.17, 15) is 9.59 Å². The molecule has 2 saturated heterocycles. The van der Waals surface area contributed by atoms with Crippen LogP contribution in [0.25, 0.3) is 0 Å². The van der Waals surface area contributed by atoms with Gasteiger partial charge in [0.05, 0.1) is 12.6 Å². The molecule has 2 rings (SSSR count). The molecule has 0 aromatic heterocycles. The molecule has 2 aliphatic rings. The molecule has 2 atom stereocenters. The summed E-state index contributed by atoms with van der Waals surface area (Å²) in [6, 6.07) is 0. The van der Waals surface area contributed by atoms with Crippen molar-refractivity contribution >= 4 is 11.8 Å². The lowest BCUT2D eigenvalue weighted by Gasteiger charge is -2.27. The van der Waals surface area contributed by atoms with E-state index in [0.29, 0.717) is 13.1 Å². The lowest BCUT2D eigenvalue weighted by atomic mass is 10.2. The maximum Gasteiger partial charge on any atom is 0.249 e. The normalized spacial score (nSPS) is 28.2.